The number of rotatable bonds is 7. The van der Waals surface area contributed by atoms with Crippen LogP contribution >= 0.6 is 0 Å². The minimum atomic E-state index is -3.62. The molecule has 2 aromatic rings. The van der Waals surface area contributed by atoms with Gasteiger partial charge >= 0.3 is 0 Å². The van der Waals surface area contributed by atoms with Crippen molar-refractivity contribution in [2.75, 3.05) is 20.7 Å². The average Bonchev–Trinajstić information content (AvgIpc) is 2.59. The van der Waals surface area contributed by atoms with Gasteiger partial charge in [0.05, 0.1) is 4.90 Å². The highest BCUT2D eigenvalue weighted by Gasteiger charge is 2.20. The van der Waals surface area contributed by atoms with Gasteiger partial charge in [-0.15, -0.1) is 0 Å². The fourth-order valence-electron chi connectivity index (χ4n) is 2.05. The number of benzene rings is 2. The third-order valence-electron chi connectivity index (χ3n) is 3.40. The number of carbonyl (C=O) groups excluding carboxylic acids is 1. The largest absolute Gasteiger partial charge is 0.481 e. The molecule has 0 fully saturated rings. The molecule has 2 rings (SSSR count). The van der Waals surface area contributed by atoms with Crippen LogP contribution in [0.1, 0.15) is 5.56 Å². The number of nitrogens with zero attached hydrogens (tertiary/aromatic N) is 1. The quantitative estimate of drug-likeness (QED) is 0.810. The van der Waals surface area contributed by atoms with Crippen LogP contribution in [-0.4, -0.2) is 39.3 Å². The van der Waals surface area contributed by atoms with E-state index in [1.807, 2.05) is 0 Å². The predicted molar refractivity (Wildman–Crippen MR) is 91.1 cm³/mol. The number of para-hydroxylation sites is 1. The van der Waals surface area contributed by atoms with Crippen molar-refractivity contribution in [1.29, 1.82) is 0 Å². The number of hydrogen-bond acceptors (Lipinski definition) is 4. The van der Waals surface area contributed by atoms with Gasteiger partial charge in [-0.05, 0) is 23.8 Å². The van der Waals surface area contributed by atoms with Gasteiger partial charge in [-0.25, -0.2) is 17.1 Å². The SMILES string of the molecule is CN(C)S(=O)(=O)c1ccccc1CNC(=O)COc1ccccc1F. The van der Waals surface area contributed by atoms with E-state index in [1.54, 1.807) is 24.3 Å². The average molecular weight is 366 g/mol. The Labute approximate surface area is 146 Å². The molecule has 0 saturated carbocycles. The lowest BCUT2D eigenvalue weighted by molar-refractivity contribution is -0.123. The van der Waals surface area contributed by atoms with Crippen molar-refractivity contribution in [3.63, 3.8) is 0 Å². The Morgan fingerprint density at radius 1 is 1.12 bits per heavy atom. The summed E-state index contributed by atoms with van der Waals surface area (Å²) < 4.78 is 44.2. The fraction of sp³-hybridized carbons (Fsp3) is 0.235. The summed E-state index contributed by atoms with van der Waals surface area (Å²) in [6, 6.07) is 12.2. The maximum Gasteiger partial charge on any atom is 0.258 e. The molecule has 0 aliphatic rings. The van der Waals surface area contributed by atoms with Crippen molar-refractivity contribution in [3.05, 3.63) is 59.9 Å². The zero-order valence-electron chi connectivity index (χ0n) is 13.9. The summed E-state index contributed by atoms with van der Waals surface area (Å²) in [6.07, 6.45) is 0. The van der Waals surface area contributed by atoms with Gasteiger partial charge in [0.25, 0.3) is 5.91 Å². The molecule has 8 heteroatoms. The van der Waals surface area contributed by atoms with Crippen LogP contribution in [0.25, 0.3) is 0 Å². The van der Waals surface area contributed by atoms with Crippen LogP contribution in [0.2, 0.25) is 0 Å². The van der Waals surface area contributed by atoms with Crippen LogP contribution in [0.5, 0.6) is 5.75 Å². The van der Waals surface area contributed by atoms with Crippen molar-refractivity contribution in [1.82, 2.24) is 9.62 Å². The second-order valence-corrected chi connectivity index (χ2v) is 7.51. The van der Waals surface area contributed by atoms with E-state index >= 15 is 0 Å². The number of nitrogens with one attached hydrogen (secondary N) is 1. The Hall–Kier alpha value is -2.45. The first-order valence-electron chi connectivity index (χ1n) is 7.47. The van der Waals surface area contributed by atoms with Crippen molar-refractivity contribution in [3.8, 4) is 5.75 Å². The summed E-state index contributed by atoms with van der Waals surface area (Å²) in [5, 5.41) is 2.57. The van der Waals surface area contributed by atoms with Gasteiger partial charge in [-0.2, -0.15) is 0 Å². The van der Waals surface area contributed by atoms with Gasteiger partial charge in [0.1, 0.15) is 0 Å². The maximum absolute atomic E-state index is 13.4. The number of halogens is 1. The Morgan fingerprint density at radius 3 is 2.44 bits per heavy atom. The molecule has 0 spiro atoms. The predicted octanol–water partition coefficient (Wildman–Crippen LogP) is 1.77. The number of amides is 1. The lowest BCUT2D eigenvalue weighted by atomic mass is 10.2. The van der Waals surface area contributed by atoms with Crippen LogP contribution in [0.3, 0.4) is 0 Å². The molecule has 0 saturated heterocycles. The zero-order valence-corrected chi connectivity index (χ0v) is 14.7. The lowest BCUT2D eigenvalue weighted by Crippen LogP contribution is -2.30. The zero-order chi connectivity index (χ0) is 18.4. The first-order chi connectivity index (χ1) is 11.8. The van der Waals surface area contributed by atoms with E-state index in [4.69, 9.17) is 4.74 Å². The highest BCUT2D eigenvalue weighted by atomic mass is 32.2. The van der Waals surface area contributed by atoms with Crippen LogP contribution in [-0.2, 0) is 21.4 Å². The molecule has 2 aromatic carbocycles. The maximum atomic E-state index is 13.4. The Bertz CT molecular complexity index is 853. The summed E-state index contributed by atoms with van der Waals surface area (Å²) >= 11 is 0. The van der Waals surface area contributed by atoms with Crippen LogP contribution in [0.4, 0.5) is 4.39 Å². The summed E-state index contributed by atoms with van der Waals surface area (Å²) in [7, 11) is -0.740. The second-order valence-electron chi connectivity index (χ2n) is 5.39. The summed E-state index contributed by atoms with van der Waals surface area (Å²) in [6.45, 7) is -0.355. The molecule has 0 bridgehead atoms. The molecule has 0 unspecified atom stereocenters. The highest BCUT2D eigenvalue weighted by molar-refractivity contribution is 7.89. The van der Waals surface area contributed by atoms with E-state index in [0.29, 0.717) is 5.56 Å². The van der Waals surface area contributed by atoms with Crippen molar-refractivity contribution in [2.24, 2.45) is 0 Å². The van der Waals surface area contributed by atoms with Crippen molar-refractivity contribution < 1.29 is 22.3 Å². The molecule has 0 atom stereocenters. The number of carbonyl (C=O) groups is 1. The molecular weight excluding hydrogens is 347 g/mol. The number of sulfonamides is 1. The van der Waals surface area contributed by atoms with Gasteiger partial charge in [0.2, 0.25) is 10.0 Å². The molecule has 0 heterocycles. The lowest BCUT2D eigenvalue weighted by Gasteiger charge is -2.15. The van der Waals surface area contributed by atoms with Gasteiger partial charge in [0.15, 0.2) is 18.2 Å². The standard InChI is InChI=1S/C17H19FN2O4S/c1-20(2)25(22,23)16-10-6-3-7-13(16)11-19-17(21)12-24-15-9-5-4-8-14(15)18/h3-10H,11-12H2,1-2H3,(H,19,21). The third-order valence-corrected chi connectivity index (χ3v) is 5.32. The molecule has 134 valence electrons. The van der Waals surface area contributed by atoms with E-state index in [2.05, 4.69) is 5.32 Å². The third kappa shape index (κ3) is 4.77. The molecule has 0 aliphatic heterocycles. The fourth-order valence-corrected chi connectivity index (χ4v) is 3.16. The summed E-state index contributed by atoms with van der Waals surface area (Å²) in [5.41, 5.74) is 0.454. The molecule has 25 heavy (non-hydrogen) atoms. The normalized spacial score (nSPS) is 11.4. The first-order valence-corrected chi connectivity index (χ1v) is 8.91. The van der Waals surface area contributed by atoms with E-state index in [9.17, 15) is 17.6 Å². The highest BCUT2D eigenvalue weighted by Crippen LogP contribution is 2.18. The van der Waals surface area contributed by atoms with E-state index < -0.39 is 21.7 Å². The second kappa shape index (κ2) is 8.09. The molecule has 0 aromatic heterocycles. The number of hydrogen-bond donors (Lipinski definition) is 1. The molecule has 0 radical (unpaired) electrons. The van der Waals surface area contributed by atoms with E-state index in [1.165, 1.54) is 38.4 Å². The molecule has 1 amide bonds. The molecule has 0 aliphatic carbocycles. The van der Waals surface area contributed by atoms with Crippen LogP contribution < -0.4 is 10.1 Å². The van der Waals surface area contributed by atoms with Crippen molar-refractivity contribution >= 4 is 15.9 Å². The summed E-state index contributed by atoms with van der Waals surface area (Å²) in [4.78, 5) is 12.0. The topological polar surface area (TPSA) is 75.7 Å². The van der Waals surface area contributed by atoms with Crippen LogP contribution in [0.15, 0.2) is 53.4 Å². The van der Waals surface area contributed by atoms with Gasteiger partial charge in [0, 0.05) is 20.6 Å². The Kier molecular flexibility index (Phi) is 6.11. The molecular formula is C17H19FN2O4S. The smallest absolute Gasteiger partial charge is 0.258 e. The van der Waals surface area contributed by atoms with Crippen LogP contribution in [0, 0.1) is 5.82 Å². The van der Waals surface area contributed by atoms with Gasteiger partial charge in [-0.3, -0.25) is 4.79 Å². The summed E-state index contributed by atoms with van der Waals surface area (Å²) in [5.74, 6) is -1.06. The minimum Gasteiger partial charge on any atom is -0.481 e. The monoisotopic (exact) mass is 366 g/mol. The Balaban J connectivity index is 2.00. The minimum absolute atomic E-state index is 0.0166. The van der Waals surface area contributed by atoms with E-state index in [0.717, 1.165) is 4.31 Å². The van der Waals surface area contributed by atoms with Gasteiger partial charge < -0.3 is 10.1 Å². The molecule has 6 nitrogen and oxygen atoms in total. The Morgan fingerprint density at radius 2 is 1.76 bits per heavy atom. The van der Waals surface area contributed by atoms with E-state index in [-0.39, 0.29) is 23.8 Å². The van der Waals surface area contributed by atoms with Crippen molar-refractivity contribution in [2.45, 2.75) is 11.4 Å². The first kappa shape index (κ1) is 18.9. The number of ether oxygens (including phenoxy) is 1. The molecule has 1 N–H and O–H groups in total. The van der Waals surface area contributed by atoms with Gasteiger partial charge in [-0.1, -0.05) is 30.3 Å².